The predicted molar refractivity (Wildman–Crippen MR) is 131 cm³/mol. The average molecular weight is 504 g/mol. The SMILES string of the molecule is Cn1c(-c2ccc(Cl)c(S(=O)(=O)NCc3ccc(Cl)cc3)c2)cs/c1=N/c1ccccc1. The van der Waals surface area contributed by atoms with E-state index in [1.165, 1.54) is 11.3 Å². The van der Waals surface area contributed by atoms with Crippen molar-refractivity contribution < 1.29 is 8.42 Å². The van der Waals surface area contributed by atoms with Gasteiger partial charge in [0.25, 0.3) is 0 Å². The largest absolute Gasteiger partial charge is 0.320 e. The van der Waals surface area contributed by atoms with E-state index in [2.05, 4.69) is 9.71 Å². The van der Waals surface area contributed by atoms with E-state index in [0.717, 1.165) is 27.3 Å². The number of hydrogen-bond donors (Lipinski definition) is 1. The van der Waals surface area contributed by atoms with Crippen LogP contribution in [0, 0.1) is 0 Å². The van der Waals surface area contributed by atoms with Gasteiger partial charge in [-0.2, -0.15) is 0 Å². The molecular formula is C23H19Cl2N3O2S2. The minimum Gasteiger partial charge on any atom is -0.320 e. The average Bonchev–Trinajstić information content (AvgIpc) is 3.14. The summed E-state index contributed by atoms with van der Waals surface area (Å²) in [5.74, 6) is 0. The van der Waals surface area contributed by atoms with Crippen molar-refractivity contribution in [3.63, 3.8) is 0 Å². The van der Waals surface area contributed by atoms with Gasteiger partial charge in [-0.25, -0.2) is 18.1 Å². The number of aromatic nitrogens is 1. The van der Waals surface area contributed by atoms with Gasteiger partial charge in [0.1, 0.15) is 4.90 Å². The molecule has 9 heteroatoms. The first-order chi connectivity index (χ1) is 15.3. The molecule has 0 saturated heterocycles. The molecular weight excluding hydrogens is 485 g/mol. The van der Waals surface area contributed by atoms with Crippen molar-refractivity contribution in [2.75, 3.05) is 0 Å². The Kier molecular flexibility index (Phi) is 6.83. The summed E-state index contributed by atoms with van der Waals surface area (Å²) in [6.45, 7) is 0.131. The van der Waals surface area contributed by atoms with Crippen molar-refractivity contribution in [1.82, 2.24) is 9.29 Å². The fourth-order valence-corrected chi connectivity index (χ4v) is 5.67. The highest BCUT2D eigenvalue weighted by molar-refractivity contribution is 7.89. The smallest absolute Gasteiger partial charge is 0.242 e. The lowest BCUT2D eigenvalue weighted by Crippen LogP contribution is -2.23. The molecule has 1 heterocycles. The first kappa shape index (κ1) is 22.8. The molecule has 0 aliphatic carbocycles. The highest BCUT2D eigenvalue weighted by Crippen LogP contribution is 2.28. The topological polar surface area (TPSA) is 63.5 Å². The molecule has 0 amide bonds. The minimum absolute atomic E-state index is 0.0263. The second kappa shape index (κ2) is 9.60. The molecule has 5 nitrogen and oxygen atoms in total. The van der Waals surface area contributed by atoms with Crippen LogP contribution in [0.4, 0.5) is 5.69 Å². The van der Waals surface area contributed by atoms with Crippen LogP contribution in [-0.2, 0) is 23.6 Å². The number of sulfonamides is 1. The molecule has 0 atom stereocenters. The molecule has 1 N–H and O–H groups in total. The van der Waals surface area contributed by atoms with E-state index in [9.17, 15) is 8.42 Å². The second-order valence-corrected chi connectivity index (χ2v) is 10.4. The third kappa shape index (κ3) is 5.14. The van der Waals surface area contributed by atoms with E-state index >= 15 is 0 Å². The van der Waals surface area contributed by atoms with Gasteiger partial charge in [0, 0.05) is 29.6 Å². The van der Waals surface area contributed by atoms with Crippen molar-refractivity contribution in [2.24, 2.45) is 12.0 Å². The van der Waals surface area contributed by atoms with Crippen LogP contribution in [0.5, 0.6) is 0 Å². The maximum absolute atomic E-state index is 13.0. The van der Waals surface area contributed by atoms with Gasteiger partial charge in [-0.15, -0.1) is 11.3 Å². The van der Waals surface area contributed by atoms with E-state index in [-0.39, 0.29) is 16.5 Å². The predicted octanol–water partition coefficient (Wildman–Crippen LogP) is 5.77. The Balaban J connectivity index is 1.64. The molecule has 0 fully saturated rings. The zero-order valence-electron chi connectivity index (χ0n) is 17.0. The summed E-state index contributed by atoms with van der Waals surface area (Å²) in [6.07, 6.45) is 0. The number of halogens is 2. The lowest BCUT2D eigenvalue weighted by Gasteiger charge is -2.11. The molecule has 1 aromatic heterocycles. The van der Waals surface area contributed by atoms with Gasteiger partial charge < -0.3 is 4.57 Å². The number of hydrogen-bond acceptors (Lipinski definition) is 4. The fraction of sp³-hybridized carbons (Fsp3) is 0.0870. The summed E-state index contributed by atoms with van der Waals surface area (Å²) >= 11 is 13.6. The number of rotatable bonds is 6. The van der Waals surface area contributed by atoms with Crippen LogP contribution in [0.25, 0.3) is 11.3 Å². The van der Waals surface area contributed by atoms with Crippen molar-refractivity contribution >= 4 is 50.2 Å². The lowest BCUT2D eigenvalue weighted by molar-refractivity contribution is 0.581. The first-order valence-electron chi connectivity index (χ1n) is 9.62. The number of nitrogens with zero attached hydrogens (tertiary/aromatic N) is 2. The lowest BCUT2D eigenvalue weighted by atomic mass is 10.2. The van der Waals surface area contributed by atoms with Gasteiger partial charge in [0.2, 0.25) is 10.0 Å². The molecule has 0 spiro atoms. The van der Waals surface area contributed by atoms with Gasteiger partial charge in [-0.3, -0.25) is 0 Å². The Hall–Kier alpha value is -2.42. The highest BCUT2D eigenvalue weighted by atomic mass is 35.5. The molecule has 0 radical (unpaired) electrons. The van der Waals surface area contributed by atoms with Crippen LogP contribution in [0.1, 0.15) is 5.56 Å². The summed E-state index contributed by atoms with van der Waals surface area (Å²) in [5.41, 5.74) is 3.22. The summed E-state index contributed by atoms with van der Waals surface area (Å²) in [4.78, 5) is 5.48. The Bertz CT molecular complexity index is 1410. The Morgan fingerprint density at radius 1 is 1.00 bits per heavy atom. The first-order valence-corrected chi connectivity index (χ1v) is 12.7. The molecule has 3 aromatic carbocycles. The van der Waals surface area contributed by atoms with Crippen molar-refractivity contribution in [1.29, 1.82) is 0 Å². The van der Waals surface area contributed by atoms with Crippen molar-refractivity contribution in [3.05, 3.63) is 98.6 Å². The Morgan fingerprint density at radius 3 is 2.44 bits per heavy atom. The van der Waals surface area contributed by atoms with E-state index in [1.54, 1.807) is 42.5 Å². The third-order valence-corrected chi connectivity index (χ3v) is 7.85. The molecule has 4 rings (SSSR count). The standard InChI is InChI=1S/C23H19Cl2N3O2S2/c1-28-21(15-31-23(28)27-19-5-3-2-4-6-19)17-9-12-20(25)22(13-17)32(29,30)26-14-16-7-10-18(24)11-8-16/h2-13,15,26H,14H2,1H3/b27-23+. The highest BCUT2D eigenvalue weighted by Gasteiger charge is 2.19. The zero-order chi connectivity index (χ0) is 22.7. The maximum Gasteiger partial charge on any atom is 0.242 e. The van der Waals surface area contributed by atoms with E-state index in [0.29, 0.717) is 5.02 Å². The van der Waals surface area contributed by atoms with Crippen LogP contribution in [0.3, 0.4) is 0 Å². The van der Waals surface area contributed by atoms with Gasteiger partial charge in [-0.05, 0) is 42.0 Å². The Labute approximate surface area is 200 Å². The number of nitrogens with one attached hydrogen (secondary N) is 1. The third-order valence-electron chi connectivity index (χ3n) is 4.80. The van der Waals surface area contributed by atoms with E-state index in [4.69, 9.17) is 23.2 Å². The normalized spacial score (nSPS) is 12.3. The monoisotopic (exact) mass is 503 g/mol. The molecule has 164 valence electrons. The Morgan fingerprint density at radius 2 is 1.72 bits per heavy atom. The van der Waals surface area contributed by atoms with E-state index in [1.807, 2.05) is 47.3 Å². The van der Waals surface area contributed by atoms with Crippen LogP contribution in [0.2, 0.25) is 10.0 Å². The number of thiazole rings is 1. The van der Waals surface area contributed by atoms with E-state index < -0.39 is 10.0 Å². The van der Waals surface area contributed by atoms with Gasteiger partial charge in [0.05, 0.1) is 16.4 Å². The molecule has 0 saturated carbocycles. The van der Waals surface area contributed by atoms with Crippen LogP contribution in [0.15, 0.2) is 88.1 Å². The zero-order valence-corrected chi connectivity index (χ0v) is 20.1. The van der Waals surface area contributed by atoms with Gasteiger partial charge in [0.15, 0.2) is 4.80 Å². The van der Waals surface area contributed by atoms with Crippen LogP contribution >= 0.6 is 34.5 Å². The fourth-order valence-electron chi connectivity index (χ4n) is 3.07. The van der Waals surface area contributed by atoms with Crippen molar-refractivity contribution in [2.45, 2.75) is 11.4 Å². The summed E-state index contributed by atoms with van der Waals surface area (Å²) in [6, 6.07) is 21.6. The molecule has 0 bridgehead atoms. The minimum atomic E-state index is -3.83. The maximum atomic E-state index is 13.0. The molecule has 4 aromatic rings. The summed E-state index contributed by atoms with van der Waals surface area (Å²) < 4.78 is 30.5. The van der Waals surface area contributed by atoms with Gasteiger partial charge >= 0.3 is 0 Å². The second-order valence-electron chi connectivity index (χ2n) is 7.01. The quantitative estimate of drug-likeness (QED) is 0.362. The molecule has 0 unspecified atom stereocenters. The number of benzene rings is 3. The van der Waals surface area contributed by atoms with Gasteiger partial charge in [-0.1, -0.05) is 59.6 Å². The summed E-state index contributed by atoms with van der Waals surface area (Å²) in [5, 5.41) is 2.70. The molecule has 0 aliphatic heterocycles. The van der Waals surface area contributed by atoms with Crippen LogP contribution < -0.4 is 9.52 Å². The molecule has 32 heavy (non-hydrogen) atoms. The number of para-hydroxylation sites is 1. The van der Waals surface area contributed by atoms with Crippen LogP contribution in [-0.4, -0.2) is 13.0 Å². The molecule has 0 aliphatic rings. The van der Waals surface area contributed by atoms with Crippen molar-refractivity contribution in [3.8, 4) is 11.3 Å². The summed E-state index contributed by atoms with van der Waals surface area (Å²) in [7, 11) is -1.93.